The van der Waals surface area contributed by atoms with Crippen molar-refractivity contribution in [2.24, 2.45) is 0 Å². The lowest BCUT2D eigenvalue weighted by atomic mass is 10.0. The SMILES string of the molecule is Cc1cc(C)c(N2C(=O)OCCC2C#N)c(C)c1. The van der Waals surface area contributed by atoms with Crippen molar-refractivity contribution in [3.63, 3.8) is 0 Å². The molecule has 1 aliphatic rings. The molecule has 0 bridgehead atoms. The quantitative estimate of drug-likeness (QED) is 0.763. The van der Waals surface area contributed by atoms with Crippen LogP contribution in [0.1, 0.15) is 23.1 Å². The second-order valence-electron chi connectivity index (χ2n) is 4.67. The molecule has 4 heteroatoms. The summed E-state index contributed by atoms with van der Waals surface area (Å²) in [5, 5.41) is 9.18. The molecular weight excluding hydrogens is 228 g/mol. The summed E-state index contributed by atoms with van der Waals surface area (Å²) in [7, 11) is 0. The summed E-state index contributed by atoms with van der Waals surface area (Å²) in [4.78, 5) is 13.4. The molecule has 0 N–H and O–H groups in total. The number of aryl methyl sites for hydroxylation is 3. The summed E-state index contributed by atoms with van der Waals surface area (Å²) < 4.78 is 5.05. The first-order valence-electron chi connectivity index (χ1n) is 5.98. The number of nitriles is 1. The molecule has 1 amide bonds. The molecule has 94 valence electrons. The van der Waals surface area contributed by atoms with Gasteiger partial charge in [-0.05, 0) is 31.9 Å². The van der Waals surface area contributed by atoms with Gasteiger partial charge < -0.3 is 4.74 Å². The van der Waals surface area contributed by atoms with Crippen LogP contribution in [0.5, 0.6) is 0 Å². The minimum absolute atomic E-state index is 0.317. The molecule has 1 saturated heterocycles. The van der Waals surface area contributed by atoms with Crippen LogP contribution in [0.2, 0.25) is 0 Å². The van der Waals surface area contributed by atoms with Crippen molar-refractivity contribution in [2.45, 2.75) is 33.2 Å². The molecule has 0 aliphatic carbocycles. The third-order valence-corrected chi connectivity index (χ3v) is 3.15. The number of nitrogens with zero attached hydrogens (tertiary/aromatic N) is 2. The highest BCUT2D eigenvalue weighted by Gasteiger charge is 2.32. The van der Waals surface area contributed by atoms with Crippen LogP contribution in [-0.2, 0) is 4.74 Å². The van der Waals surface area contributed by atoms with Gasteiger partial charge in [0.05, 0.1) is 18.4 Å². The Morgan fingerprint density at radius 2 is 1.94 bits per heavy atom. The van der Waals surface area contributed by atoms with E-state index in [1.165, 1.54) is 4.90 Å². The van der Waals surface area contributed by atoms with Gasteiger partial charge in [0.15, 0.2) is 0 Å². The van der Waals surface area contributed by atoms with Crippen LogP contribution in [-0.4, -0.2) is 18.7 Å². The Labute approximate surface area is 107 Å². The largest absolute Gasteiger partial charge is 0.449 e. The van der Waals surface area contributed by atoms with E-state index < -0.39 is 12.1 Å². The van der Waals surface area contributed by atoms with E-state index in [-0.39, 0.29) is 0 Å². The molecule has 1 aliphatic heterocycles. The predicted octanol–water partition coefficient (Wildman–Crippen LogP) is 2.85. The number of cyclic esters (lactones) is 1. The summed E-state index contributed by atoms with van der Waals surface area (Å²) >= 11 is 0. The number of carbonyl (C=O) groups excluding carboxylic acids is 1. The second-order valence-corrected chi connectivity index (χ2v) is 4.67. The van der Waals surface area contributed by atoms with Gasteiger partial charge in [0.2, 0.25) is 0 Å². The van der Waals surface area contributed by atoms with Gasteiger partial charge in [-0.25, -0.2) is 4.79 Å². The van der Waals surface area contributed by atoms with Crippen molar-refractivity contribution in [2.75, 3.05) is 11.5 Å². The van der Waals surface area contributed by atoms with E-state index in [4.69, 9.17) is 4.74 Å². The Morgan fingerprint density at radius 3 is 2.50 bits per heavy atom. The normalized spacial score (nSPS) is 19.3. The van der Waals surface area contributed by atoms with E-state index in [1.54, 1.807) is 0 Å². The van der Waals surface area contributed by atoms with Gasteiger partial charge >= 0.3 is 6.09 Å². The third-order valence-electron chi connectivity index (χ3n) is 3.15. The van der Waals surface area contributed by atoms with Gasteiger partial charge in [0.1, 0.15) is 6.04 Å². The minimum atomic E-state index is -0.439. The molecule has 1 unspecified atom stereocenters. The van der Waals surface area contributed by atoms with Crippen LogP contribution in [0, 0.1) is 32.1 Å². The average molecular weight is 244 g/mol. The lowest BCUT2D eigenvalue weighted by molar-refractivity contribution is 0.134. The van der Waals surface area contributed by atoms with Crippen molar-refractivity contribution in [3.8, 4) is 6.07 Å². The van der Waals surface area contributed by atoms with E-state index in [2.05, 4.69) is 6.07 Å². The number of hydrogen-bond acceptors (Lipinski definition) is 3. The smallest absolute Gasteiger partial charge is 0.415 e. The van der Waals surface area contributed by atoms with Crippen LogP contribution >= 0.6 is 0 Å². The lowest BCUT2D eigenvalue weighted by Crippen LogP contribution is -2.45. The second kappa shape index (κ2) is 4.69. The maximum absolute atomic E-state index is 11.9. The number of hydrogen-bond donors (Lipinski definition) is 0. The molecule has 1 aromatic rings. The highest BCUT2D eigenvalue weighted by molar-refractivity contribution is 5.91. The van der Waals surface area contributed by atoms with E-state index in [0.29, 0.717) is 13.0 Å². The van der Waals surface area contributed by atoms with Gasteiger partial charge in [-0.3, -0.25) is 4.90 Å². The molecule has 4 nitrogen and oxygen atoms in total. The van der Waals surface area contributed by atoms with Crippen LogP contribution < -0.4 is 4.90 Å². The number of carbonyl (C=O) groups is 1. The fourth-order valence-corrected chi connectivity index (χ4v) is 2.51. The molecule has 1 aromatic carbocycles. The Balaban J connectivity index is 2.52. The lowest BCUT2D eigenvalue weighted by Gasteiger charge is -2.33. The number of rotatable bonds is 1. The summed E-state index contributed by atoms with van der Waals surface area (Å²) in [6.45, 7) is 6.23. The maximum atomic E-state index is 11.9. The zero-order valence-electron chi connectivity index (χ0n) is 10.9. The minimum Gasteiger partial charge on any atom is -0.449 e. The third kappa shape index (κ3) is 2.04. The summed E-state index contributed by atoms with van der Waals surface area (Å²) in [6, 6.07) is 5.76. The molecule has 0 radical (unpaired) electrons. The fraction of sp³-hybridized carbons (Fsp3) is 0.429. The van der Waals surface area contributed by atoms with E-state index >= 15 is 0 Å². The predicted molar refractivity (Wildman–Crippen MR) is 68.5 cm³/mol. The molecule has 0 saturated carbocycles. The number of benzene rings is 1. The van der Waals surface area contributed by atoms with Crippen LogP contribution in [0.25, 0.3) is 0 Å². The standard InChI is InChI=1S/C14H16N2O2/c1-9-6-10(2)13(11(3)7-9)16-12(8-15)4-5-18-14(16)17/h6-7,12H,4-5H2,1-3H3. The van der Waals surface area contributed by atoms with E-state index in [1.807, 2.05) is 32.9 Å². The zero-order valence-corrected chi connectivity index (χ0v) is 10.9. The molecule has 1 atom stereocenters. The fourth-order valence-electron chi connectivity index (χ4n) is 2.51. The number of anilines is 1. The number of amides is 1. The maximum Gasteiger partial charge on any atom is 0.415 e. The van der Waals surface area contributed by atoms with E-state index in [9.17, 15) is 10.1 Å². The molecule has 1 heterocycles. The van der Waals surface area contributed by atoms with Gasteiger partial charge in [0, 0.05) is 6.42 Å². The van der Waals surface area contributed by atoms with Crippen molar-refractivity contribution >= 4 is 11.8 Å². The molecule has 18 heavy (non-hydrogen) atoms. The Kier molecular flexibility index (Phi) is 3.24. The molecule has 0 aromatic heterocycles. The highest BCUT2D eigenvalue weighted by Crippen LogP contribution is 2.30. The van der Waals surface area contributed by atoms with Gasteiger partial charge in [-0.1, -0.05) is 17.7 Å². The summed E-state index contributed by atoms with van der Waals surface area (Å²) in [5.74, 6) is 0. The van der Waals surface area contributed by atoms with Crippen molar-refractivity contribution in [1.29, 1.82) is 5.26 Å². The molecular formula is C14H16N2O2. The van der Waals surface area contributed by atoms with Crippen LogP contribution in [0.15, 0.2) is 12.1 Å². The average Bonchev–Trinajstić information content (AvgIpc) is 2.29. The van der Waals surface area contributed by atoms with Gasteiger partial charge in [-0.15, -0.1) is 0 Å². The van der Waals surface area contributed by atoms with Gasteiger partial charge in [-0.2, -0.15) is 5.26 Å². The highest BCUT2D eigenvalue weighted by atomic mass is 16.6. The first-order valence-corrected chi connectivity index (χ1v) is 5.98. The van der Waals surface area contributed by atoms with Crippen molar-refractivity contribution in [1.82, 2.24) is 0 Å². The van der Waals surface area contributed by atoms with Gasteiger partial charge in [0.25, 0.3) is 0 Å². The van der Waals surface area contributed by atoms with E-state index in [0.717, 1.165) is 22.4 Å². The Bertz CT molecular complexity index is 508. The molecule has 0 spiro atoms. The Hall–Kier alpha value is -2.02. The zero-order chi connectivity index (χ0) is 13.3. The summed E-state index contributed by atoms with van der Waals surface area (Å²) in [5.41, 5.74) is 3.93. The molecule has 1 fully saturated rings. The molecule has 2 rings (SSSR count). The summed E-state index contributed by atoms with van der Waals surface area (Å²) in [6.07, 6.45) is 0.123. The van der Waals surface area contributed by atoms with Crippen molar-refractivity contribution in [3.05, 3.63) is 28.8 Å². The Morgan fingerprint density at radius 1 is 1.33 bits per heavy atom. The first kappa shape index (κ1) is 12.4. The number of ether oxygens (including phenoxy) is 1. The first-order chi connectivity index (χ1) is 8.54. The monoisotopic (exact) mass is 244 g/mol. The van der Waals surface area contributed by atoms with Crippen LogP contribution in [0.4, 0.5) is 10.5 Å². The van der Waals surface area contributed by atoms with Crippen LogP contribution in [0.3, 0.4) is 0 Å². The van der Waals surface area contributed by atoms with Crippen molar-refractivity contribution < 1.29 is 9.53 Å². The topological polar surface area (TPSA) is 53.3 Å².